The Hall–Kier alpha value is -3.75. The molecule has 138 valence electrons. The molecule has 9 nitrogen and oxygen atoms in total. The van der Waals surface area contributed by atoms with Gasteiger partial charge in [-0.15, -0.1) is 0 Å². The van der Waals surface area contributed by atoms with Crippen molar-refractivity contribution in [1.82, 2.24) is 10.3 Å². The molecule has 0 fully saturated rings. The highest BCUT2D eigenvalue weighted by atomic mass is 16.6. The summed E-state index contributed by atoms with van der Waals surface area (Å²) in [5, 5.41) is 26.4. The van der Waals surface area contributed by atoms with E-state index in [1.165, 1.54) is 6.07 Å². The van der Waals surface area contributed by atoms with Crippen LogP contribution in [0.15, 0.2) is 42.5 Å². The average Bonchev–Trinajstić information content (AvgIpc) is 2.64. The van der Waals surface area contributed by atoms with E-state index in [0.29, 0.717) is 27.5 Å². The van der Waals surface area contributed by atoms with E-state index < -0.39 is 29.4 Å². The van der Waals surface area contributed by atoms with Crippen LogP contribution in [0.1, 0.15) is 6.92 Å². The van der Waals surface area contributed by atoms with Crippen LogP contribution in [0.2, 0.25) is 0 Å². The van der Waals surface area contributed by atoms with Gasteiger partial charge in [0.25, 0.3) is 5.69 Å². The lowest BCUT2D eigenvalue weighted by atomic mass is 10.1. The number of nitro benzene ring substituents is 1. The Bertz CT molecular complexity index is 1070. The van der Waals surface area contributed by atoms with E-state index in [2.05, 4.69) is 15.6 Å². The molecule has 0 aliphatic heterocycles. The fourth-order valence-corrected chi connectivity index (χ4v) is 2.82. The third-order valence-electron chi connectivity index (χ3n) is 4.05. The monoisotopic (exact) mass is 368 g/mol. The predicted molar refractivity (Wildman–Crippen MR) is 99.6 cm³/mol. The summed E-state index contributed by atoms with van der Waals surface area (Å²) in [6, 6.07) is 10.9. The Morgan fingerprint density at radius 1 is 1.19 bits per heavy atom. The van der Waals surface area contributed by atoms with Crippen LogP contribution < -0.4 is 10.6 Å². The van der Waals surface area contributed by atoms with Gasteiger partial charge in [-0.2, -0.15) is 0 Å². The molecular weight excluding hydrogens is 352 g/mol. The number of amides is 1. The number of fused-ring (bicyclic) bond motifs is 2. The van der Waals surface area contributed by atoms with Gasteiger partial charge >= 0.3 is 5.97 Å². The van der Waals surface area contributed by atoms with Gasteiger partial charge in [0.15, 0.2) is 0 Å². The van der Waals surface area contributed by atoms with Crippen molar-refractivity contribution in [3.63, 3.8) is 0 Å². The number of hydrogen-bond donors (Lipinski definition) is 3. The maximum atomic E-state index is 12.2. The van der Waals surface area contributed by atoms with E-state index >= 15 is 0 Å². The van der Waals surface area contributed by atoms with Crippen molar-refractivity contribution >= 4 is 45.1 Å². The van der Waals surface area contributed by atoms with Gasteiger partial charge in [0.05, 0.1) is 21.6 Å². The lowest BCUT2D eigenvalue weighted by Gasteiger charge is -2.18. The van der Waals surface area contributed by atoms with E-state index in [0.717, 1.165) is 0 Å². The van der Waals surface area contributed by atoms with E-state index in [-0.39, 0.29) is 5.69 Å². The number of carbonyl (C=O) groups excluding carboxylic acids is 1. The van der Waals surface area contributed by atoms with Crippen LogP contribution in [-0.4, -0.2) is 39.5 Å². The molecule has 0 radical (unpaired) electrons. The number of carboxylic acids is 1. The SMILES string of the molecule is C[C@H](Nc1c2ccccc2nc2cccc([N+](=O)[O-])c12)C(=O)NCC(=O)O. The van der Waals surface area contributed by atoms with Crippen molar-refractivity contribution < 1.29 is 19.6 Å². The first kappa shape index (κ1) is 18.1. The van der Waals surface area contributed by atoms with Gasteiger partial charge in [0, 0.05) is 11.5 Å². The number of benzene rings is 2. The summed E-state index contributed by atoms with van der Waals surface area (Å²) < 4.78 is 0. The quantitative estimate of drug-likeness (QED) is 0.345. The zero-order chi connectivity index (χ0) is 19.6. The van der Waals surface area contributed by atoms with Crippen molar-refractivity contribution in [2.45, 2.75) is 13.0 Å². The number of nitrogens with one attached hydrogen (secondary N) is 2. The highest BCUT2D eigenvalue weighted by Crippen LogP contribution is 2.36. The Labute approximate surface area is 153 Å². The maximum absolute atomic E-state index is 12.2. The lowest BCUT2D eigenvalue weighted by Crippen LogP contribution is -2.40. The molecule has 0 spiro atoms. The molecule has 1 atom stereocenters. The third-order valence-corrected chi connectivity index (χ3v) is 4.05. The molecule has 27 heavy (non-hydrogen) atoms. The fourth-order valence-electron chi connectivity index (χ4n) is 2.82. The zero-order valence-corrected chi connectivity index (χ0v) is 14.3. The van der Waals surface area contributed by atoms with Crippen LogP contribution in [0.25, 0.3) is 21.8 Å². The molecule has 1 aromatic heterocycles. The molecule has 0 aliphatic rings. The number of aromatic nitrogens is 1. The number of nitrogens with zero attached hydrogens (tertiary/aromatic N) is 2. The second kappa shape index (κ2) is 7.24. The molecule has 0 unspecified atom stereocenters. The van der Waals surface area contributed by atoms with Crippen molar-refractivity contribution in [3.05, 3.63) is 52.6 Å². The van der Waals surface area contributed by atoms with E-state index in [4.69, 9.17) is 5.11 Å². The van der Waals surface area contributed by atoms with Crippen LogP contribution in [-0.2, 0) is 9.59 Å². The summed E-state index contributed by atoms with van der Waals surface area (Å²) >= 11 is 0. The highest BCUT2D eigenvalue weighted by Gasteiger charge is 2.22. The number of non-ortho nitro benzene ring substituents is 1. The average molecular weight is 368 g/mol. The van der Waals surface area contributed by atoms with Crippen LogP contribution in [0, 0.1) is 10.1 Å². The maximum Gasteiger partial charge on any atom is 0.322 e. The third kappa shape index (κ3) is 3.61. The molecule has 0 saturated carbocycles. The summed E-state index contributed by atoms with van der Waals surface area (Å²) in [5.74, 6) is -1.70. The first-order valence-electron chi connectivity index (χ1n) is 8.10. The second-order valence-corrected chi connectivity index (χ2v) is 5.91. The summed E-state index contributed by atoms with van der Waals surface area (Å²) in [6.07, 6.45) is 0. The molecule has 1 heterocycles. The van der Waals surface area contributed by atoms with Crippen LogP contribution in [0.5, 0.6) is 0 Å². The summed E-state index contributed by atoms with van der Waals surface area (Å²) in [5.41, 5.74) is 1.31. The smallest absolute Gasteiger partial charge is 0.322 e. The van der Waals surface area contributed by atoms with Gasteiger partial charge in [-0.25, -0.2) is 4.98 Å². The molecule has 9 heteroatoms. The Kier molecular flexibility index (Phi) is 4.84. The minimum Gasteiger partial charge on any atom is -0.480 e. The second-order valence-electron chi connectivity index (χ2n) is 5.91. The van der Waals surface area contributed by atoms with Crippen molar-refractivity contribution in [2.24, 2.45) is 0 Å². The Morgan fingerprint density at radius 3 is 2.59 bits per heavy atom. The minimum absolute atomic E-state index is 0.133. The first-order chi connectivity index (χ1) is 12.9. The number of nitro groups is 1. The van der Waals surface area contributed by atoms with Crippen LogP contribution >= 0.6 is 0 Å². The number of pyridine rings is 1. The van der Waals surface area contributed by atoms with Crippen molar-refractivity contribution in [1.29, 1.82) is 0 Å². The van der Waals surface area contributed by atoms with Gasteiger partial charge in [0.1, 0.15) is 18.0 Å². The number of anilines is 1. The summed E-state index contributed by atoms with van der Waals surface area (Å²) in [7, 11) is 0. The van der Waals surface area contributed by atoms with Crippen molar-refractivity contribution in [3.8, 4) is 0 Å². The number of para-hydroxylation sites is 1. The van der Waals surface area contributed by atoms with E-state index in [1.54, 1.807) is 43.3 Å². The molecule has 0 saturated heterocycles. The number of carbonyl (C=O) groups is 2. The number of aliphatic carboxylic acids is 1. The Morgan fingerprint density at radius 2 is 1.89 bits per heavy atom. The van der Waals surface area contributed by atoms with E-state index in [9.17, 15) is 19.7 Å². The molecule has 3 rings (SSSR count). The fraction of sp³-hybridized carbons (Fsp3) is 0.167. The molecule has 1 amide bonds. The standard InChI is InChI=1S/C18H16N4O5/c1-10(18(25)19-9-15(23)24)20-17-11-5-2-3-6-12(11)21-13-7-4-8-14(16(13)17)22(26)27/h2-8,10H,9H2,1H3,(H,19,25)(H,20,21)(H,23,24)/t10-/m0/s1. The molecule has 3 aromatic rings. The van der Waals surface area contributed by atoms with Gasteiger partial charge in [-0.1, -0.05) is 24.3 Å². The number of rotatable bonds is 6. The number of carboxylic acid groups (broad SMARTS) is 1. The molecule has 2 aromatic carbocycles. The predicted octanol–water partition coefficient (Wildman–Crippen LogP) is 2.30. The van der Waals surface area contributed by atoms with Crippen LogP contribution in [0.4, 0.5) is 11.4 Å². The summed E-state index contributed by atoms with van der Waals surface area (Å²) in [6.45, 7) is 1.04. The molecule has 3 N–H and O–H groups in total. The van der Waals surface area contributed by atoms with Gasteiger partial charge in [-0.3, -0.25) is 19.7 Å². The van der Waals surface area contributed by atoms with E-state index in [1.807, 2.05) is 0 Å². The van der Waals surface area contributed by atoms with Gasteiger partial charge < -0.3 is 15.7 Å². The number of hydrogen-bond acceptors (Lipinski definition) is 6. The summed E-state index contributed by atoms with van der Waals surface area (Å²) in [4.78, 5) is 38.3. The largest absolute Gasteiger partial charge is 0.480 e. The topological polar surface area (TPSA) is 134 Å². The van der Waals surface area contributed by atoms with Gasteiger partial charge in [-0.05, 0) is 19.1 Å². The normalized spacial score (nSPS) is 11.9. The highest BCUT2D eigenvalue weighted by molar-refractivity contribution is 6.11. The molecule has 0 aliphatic carbocycles. The molecule has 0 bridgehead atoms. The lowest BCUT2D eigenvalue weighted by molar-refractivity contribution is -0.383. The Balaban J connectivity index is 2.14. The van der Waals surface area contributed by atoms with Crippen molar-refractivity contribution in [2.75, 3.05) is 11.9 Å². The van der Waals surface area contributed by atoms with Gasteiger partial charge in [0.2, 0.25) is 5.91 Å². The minimum atomic E-state index is -1.16. The van der Waals surface area contributed by atoms with Crippen LogP contribution in [0.3, 0.4) is 0 Å². The molecular formula is C18H16N4O5. The first-order valence-corrected chi connectivity index (χ1v) is 8.10. The zero-order valence-electron chi connectivity index (χ0n) is 14.3.